The van der Waals surface area contributed by atoms with Crippen LogP contribution in [-0.4, -0.2) is 139 Å². The molecule has 5 aromatic carbocycles. The zero-order valence-electron chi connectivity index (χ0n) is 55.1. The first kappa shape index (κ1) is 110. The van der Waals surface area contributed by atoms with Crippen molar-refractivity contribution in [1.29, 1.82) is 0 Å². The number of hydrogen-bond acceptors (Lipinski definition) is 20. The van der Waals surface area contributed by atoms with Crippen LogP contribution in [0.5, 0.6) is 28.7 Å². The number of ether oxygens (including phenoxy) is 6. The molecular formula is C78H115F3N6O18. The van der Waals surface area contributed by atoms with Crippen molar-refractivity contribution in [2.24, 2.45) is 5.90 Å². The van der Waals surface area contributed by atoms with E-state index in [1.807, 2.05) is 79.7 Å². The molecule has 3 aliphatic heterocycles. The van der Waals surface area contributed by atoms with E-state index in [1.54, 1.807) is 50.7 Å². The van der Waals surface area contributed by atoms with Crippen LogP contribution in [-0.2, 0) is 77.3 Å². The van der Waals surface area contributed by atoms with Gasteiger partial charge in [0.25, 0.3) is 23.6 Å². The summed E-state index contributed by atoms with van der Waals surface area (Å²) in [5.74, 6) is 5.94. The van der Waals surface area contributed by atoms with E-state index in [4.69, 9.17) is 47.7 Å². The monoisotopic (exact) mass is 1480 g/mol. The Kier molecular flexibility index (Phi) is 69.7. The van der Waals surface area contributed by atoms with Crippen LogP contribution < -0.4 is 40.5 Å². The number of halogens is 3. The van der Waals surface area contributed by atoms with Crippen LogP contribution in [0, 0.1) is 13.8 Å². The second-order valence-corrected chi connectivity index (χ2v) is 18.8. The van der Waals surface area contributed by atoms with Crippen LogP contribution in [0.3, 0.4) is 0 Å². The highest BCUT2D eigenvalue weighted by molar-refractivity contribution is 6.05. The number of carbonyl (C=O) groups excluding carboxylic acids is 7. The normalized spacial score (nSPS) is 11.3. The van der Waals surface area contributed by atoms with Crippen LogP contribution in [0.4, 0.5) is 13.2 Å². The van der Waals surface area contributed by atoms with Gasteiger partial charge in [0.2, 0.25) is 17.9 Å². The van der Waals surface area contributed by atoms with Gasteiger partial charge >= 0.3 is 6.18 Å². The van der Waals surface area contributed by atoms with Gasteiger partial charge in [-0.2, -0.15) is 18.7 Å². The summed E-state index contributed by atoms with van der Waals surface area (Å²) in [7, 11) is 7.74. The molecule has 0 aromatic heterocycles. The molecule has 24 nitrogen and oxygen atoms in total. The molecule has 0 saturated carbocycles. The van der Waals surface area contributed by atoms with Crippen LogP contribution in [0.1, 0.15) is 103 Å². The highest BCUT2D eigenvalue weighted by atomic mass is 19.4. The van der Waals surface area contributed by atoms with Gasteiger partial charge in [-0.1, -0.05) is 187 Å². The summed E-state index contributed by atoms with van der Waals surface area (Å²) in [6, 6.07) is 34.2. The lowest BCUT2D eigenvalue weighted by atomic mass is 10.1. The first-order valence-corrected chi connectivity index (χ1v) is 28.9. The zero-order chi connectivity index (χ0) is 72.2. The highest BCUT2D eigenvalue weighted by Crippen LogP contribution is 2.38. The van der Waals surface area contributed by atoms with Gasteiger partial charge in [-0.25, -0.2) is 16.4 Å². The third-order valence-corrected chi connectivity index (χ3v) is 11.6. The largest absolute Gasteiger partial charge is 0.497 e. The van der Waals surface area contributed by atoms with Crippen molar-refractivity contribution in [2.75, 3.05) is 75.3 Å². The Morgan fingerprint density at radius 3 is 1.50 bits per heavy atom. The Hall–Kier alpha value is -10.8. The van der Waals surface area contributed by atoms with Crippen molar-refractivity contribution in [2.45, 2.75) is 99.1 Å². The maximum Gasteiger partial charge on any atom is 0.446 e. The molecule has 0 fully saturated rings. The number of hydroxylamine groups is 6. The predicted octanol–water partition coefficient (Wildman–Crippen LogP) is 14.9. The Morgan fingerprint density at radius 1 is 0.629 bits per heavy atom. The van der Waals surface area contributed by atoms with E-state index in [9.17, 15) is 41.9 Å². The molecule has 5 aromatic rings. The van der Waals surface area contributed by atoms with Crippen molar-refractivity contribution >= 4 is 48.2 Å². The third kappa shape index (κ3) is 49.5. The Balaban J connectivity index is -0.000000176. The molecule has 4 N–H and O–H groups in total. The molecule has 3 heterocycles. The molecule has 0 unspecified atom stereocenters. The number of aldehydes is 2. The second-order valence-electron chi connectivity index (χ2n) is 18.8. The number of carbonyl (C=O) groups is 7. The van der Waals surface area contributed by atoms with Gasteiger partial charge in [0.05, 0.1) is 81.4 Å². The summed E-state index contributed by atoms with van der Waals surface area (Å²) < 4.78 is 62.1. The van der Waals surface area contributed by atoms with E-state index in [2.05, 4.69) is 84.0 Å². The molecule has 0 aliphatic carbocycles. The van der Waals surface area contributed by atoms with E-state index in [0.29, 0.717) is 67.4 Å². The predicted molar refractivity (Wildman–Crippen MR) is 411 cm³/mol. The number of methoxy groups -OCH3 is 5. The first-order valence-electron chi connectivity index (χ1n) is 28.9. The summed E-state index contributed by atoms with van der Waals surface area (Å²) in [6.07, 6.45) is 12.9. The summed E-state index contributed by atoms with van der Waals surface area (Å²) in [5.41, 5.74) is 12.1. The van der Waals surface area contributed by atoms with Gasteiger partial charge in [0.15, 0.2) is 18.2 Å². The van der Waals surface area contributed by atoms with E-state index in [0.717, 1.165) is 41.0 Å². The second kappa shape index (κ2) is 66.5. The number of hydrogen-bond donors (Lipinski definition) is 3. The van der Waals surface area contributed by atoms with E-state index < -0.39 is 24.3 Å². The van der Waals surface area contributed by atoms with Crippen molar-refractivity contribution in [3.63, 3.8) is 0 Å². The Morgan fingerprint density at radius 2 is 1.11 bits per heavy atom. The molecule has 27 heteroatoms. The molecule has 0 atom stereocenters. The number of nitrogens with zero attached hydrogens (tertiary/aromatic N) is 3. The van der Waals surface area contributed by atoms with Crippen molar-refractivity contribution in [1.82, 2.24) is 26.0 Å². The number of aryl methyl sites for hydroxylation is 2. The first-order chi connectivity index (χ1) is 46.6. The Bertz CT molecular complexity index is 3300. The van der Waals surface area contributed by atoms with Gasteiger partial charge < -0.3 is 38.2 Å². The summed E-state index contributed by atoms with van der Waals surface area (Å²) in [5, 5.41) is 2.05. The van der Waals surface area contributed by atoms with Gasteiger partial charge in [-0.05, 0) is 84.7 Å². The molecule has 3 aliphatic rings. The van der Waals surface area contributed by atoms with Crippen LogP contribution in [0.2, 0.25) is 0 Å². The minimum Gasteiger partial charge on any atom is -0.497 e. The molecule has 8 rings (SSSR count). The summed E-state index contributed by atoms with van der Waals surface area (Å²) >= 11 is 0. The summed E-state index contributed by atoms with van der Waals surface area (Å²) in [4.78, 5) is 101. The maximum absolute atomic E-state index is 12.0. The number of imide groups is 1. The highest BCUT2D eigenvalue weighted by Gasteiger charge is 2.25. The fourth-order valence-corrected chi connectivity index (χ4v) is 6.88. The van der Waals surface area contributed by atoms with Gasteiger partial charge in [0, 0.05) is 43.0 Å². The van der Waals surface area contributed by atoms with E-state index in [-0.39, 0.29) is 90.5 Å². The van der Waals surface area contributed by atoms with Crippen LogP contribution in [0.15, 0.2) is 203 Å². The topological polar surface area (TPSA) is 281 Å². The lowest BCUT2D eigenvalue weighted by molar-refractivity contribution is -0.187. The standard InChI is InChI=1S/C16H17NO6.C14H17NO3.C12H13NO3.C11H15NO.C8H8O.C4H5NO2.C3H7NO.C2HF3O.8CH4/c1-20-12-9-11(10-13(21-2)16(12)22-3)6-7-15(19)17-14(18)5-4-8-23-17;1-4-14(16)15(11-18-5-2)10-12-6-8-13(17-3)9-7-12;1-15-11-6-4-10(5-7-11)9-13-12(14)3-2-8-16-13;1-3-8-13-12-9-11-6-4-10(2)5-7-11;1-7-2-4-8(6-9)5-3-7;6-4-2-1-3-7-5-4;1-2-3-5-4;3-2(4,5)1-6;;;;;;;;/h4-7,9-10H,8H2,1-3H3;4-9H,1-2,10-11H2,3H3;2-7H,8-9H2,1H3;3-7,12H,1,8-9H2,2H3;2-6H,1H3;1-2H,3H2,(H,5,6);2H,1,3-4H2;1H;8*1H4/b7-6+;;;;;;;;;;;;;;;. The molecule has 0 saturated heterocycles. The number of alkyl halides is 3. The lowest BCUT2D eigenvalue weighted by Crippen LogP contribution is -2.36. The molecule has 5 amide bonds. The smallest absolute Gasteiger partial charge is 0.446 e. The average molecular weight is 1480 g/mol. The lowest BCUT2D eigenvalue weighted by Gasteiger charge is -2.22. The average Bonchev–Trinajstić information content (AvgIpc) is 0.823. The quantitative estimate of drug-likeness (QED) is 0.0104. The zero-order valence-corrected chi connectivity index (χ0v) is 55.1. The molecule has 105 heavy (non-hydrogen) atoms. The van der Waals surface area contributed by atoms with Gasteiger partial charge in [0.1, 0.15) is 17.8 Å². The SMILES string of the molecule is C.C.C.C.C.C.C.C.C=CCON.C=CCONCc1ccc(C)cc1.C=COCN(Cc1ccc(OC)cc1)C(=O)C=C.COc1cc(/C=C/C(=O)N2OCC=CC2=O)cc(OC)c1OC.COc1ccc(CN2OCC=CC2=O)cc1.Cc1ccc(C=O)cc1.O=C1C=CCON1.O=CC(F)(F)F. The third-order valence-electron chi connectivity index (χ3n) is 11.6. The van der Waals surface area contributed by atoms with Crippen molar-refractivity contribution < 1.29 is 99.3 Å². The number of rotatable bonds is 23. The Labute approximate surface area is 621 Å². The fourth-order valence-electron chi connectivity index (χ4n) is 6.88. The van der Waals surface area contributed by atoms with Crippen molar-refractivity contribution in [3.05, 3.63) is 241 Å². The molecule has 0 radical (unpaired) electrons. The van der Waals surface area contributed by atoms with Crippen LogP contribution in [0.25, 0.3) is 6.08 Å². The molecule has 0 spiro atoms. The van der Waals surface area contributed by atoms with Gasteiger partial charge in [-0.3, -0.25) is 52.9 Å². The summed E-state index contributed by atoms with van der Waals surface area (Å²) in [6.45, 7) is 21.7. The van der Waals surface area contributed by atoms with Gasteiger partial charge in [-0.15, -0.1) is 18.2 Å². The minimum absolute atomic E-state index is 0. The van der Waals surface area contributed by atoms with E-state index >= 15 is 0 Å². The molecular weight excluding hydrogens is 1370 g/mol. The van der Waals surface area contributed by atoms with E-state index in [1.165, 1.54) is 96.8 Å². The fraction of sp³-hybridized carbons (Fsp3) is 0.321. The minimum atomic E-state index is -4.64. The number of amides is 5. The maximum atomic E-state index is 12.0. The number of nitrogens with two attached hydrogens (primary N) is 1. The number of nitrogens with one attached hydrogen (secondary N) is 2. The van der Waals surface area contributed by atoms with Crippen LogP contribution >= 0.6 is 0 Å². The van der Waals surface area contributed by atoms with Crippen molar-refractivity contribution in [3.8, 4) is 28.7 Å². The molecule has 586 valence electrons. The molecule has 0 bridgehead atoms. The number of benzene rings is 5.